The van der Waals surface area contributed by atoms with E-state index in [0.29, 0.717) is 19.3 Å². The Hall–Kier alpha value is -3.41. The Balaban J connectivity index is 4.17. The molecular weight excluding hydrogens is 925 g/mol. The van der Waals surface area contributed by atoms with E-state index in [9.17, 15) is 14.4 Å². The number of unbranched alkanes of at least 4 members (excludes halogenated alkanes) is 33. The van der Waals surface area contributed by atoms with Crippen LogP contribution in [0, 0.1) is 0 Å². The monoisotopic (exact) mass is 1040 g/mol. The predicted molar refractivity (Wildman–Crippen MR) is 325 cm³/mol. The molecule has 0 spiro atoms. The standard InChI is InChI=1S/C69H120O6/c1-4-7-10-13-16-19-22-24-26-27-28-29-30-31-32-33-34-35-36-37-38-39-40-41-43-44-47-50-53-56-59-62-68(71)74-65-66(64-73-67(70)61-58-55-52-49-46-21-18-15-12-9-6-3)75-69(72)63-60-57-54-51-48-45-42-25-23-20-17-14-11-8-5-2/h7,10,15-16,18-19,24,26,28-29,31-32,34-35,66H,4-6,8-9,11-14,17,20-23,25,27,30,33,36-65H2,1-3H3/b10-7-,18-15-,19-16-,26-24-,29-28-,32-31-,35-34-. The van der Waals surface area contributed by atoms with Crippen LogP contribution in [0.1, 0.15) is 316 Å². The van der Waals surface area contributed by atoms with Crippen molar-refractivity contribution in [1.29, 1.82) is 0 Å². The zero-order valence-electron chi connectivity index (χ0n) is 49.6. The zero-order chi connectivity index (χ0) is 54.3. The van der Waals surface area contributed by atoms with Crippen molar-refractivity contribution in [1.82, 2.24) is 0 Å². The fourth-order valence-corrected chi connectivity index (χ4v) is 9.08. The second-order valence-electron chi connectivity index (χ2n) is 21.3. The number of hydrogen-bond donors (Lipinski definition) is 0. The van der Waals surface area contributed by atoms with E-state index in [1.165, 1.54) is 173 Å². The highest BCUT2D eigenvalue weighted by Crippen LogP contribution is 2.17. The van der Waals surface area contributed by atoms with Crippen molar-refractivity contribution in [3.63, 3.8) is 0 Å². The van der Waals surface area contributed by atoms with Gasteiger partial charge in [0.05, 0.1) is 0 Å². The minimum Gasteiger partial charge on any atom is -0.462 e. The van der Waals surface area contributed by atoms with Crippen LogP contribution in [0.25, 0.3) is 0 Å². The minimum atomic E-state index is -0.777. The lowest BCUT2D eigenvalue weighted by molar-refractivity contribution is -0.167. The molecule has 0 aliphatic carbocycles. The molecule has 432 valence electrons. The lowest BCUT2D eigenvalue weighted by Gasteiger charge is -2.18. The summed E-state index contributed by atoms with van der Waals surface area (Å²) in [7, 11) is 0. The highest BCUT2D eigenvalue weighted by Gasteiger charge is 2.19. The third-order valence-electron chi connectivity index (χ3n) is 13.9. The average Bonchev–Trinajstić information content (AvgIpc) is 3.41. The predicted octanol–water partition coefficient (Wildman–Crippen LogP) is 21.9. The third kappa shape index (κ3) is 61.3. The fourth-order valence-electron chi connectivity index (χ4n) is 9.08. The van der Waals surface area contributed by atoms with Crippen molar-refractivity contribution in [2.75, 3.05) is 13.2 Å². The van der Waals surface area contributed by atoms with Crippen molar-refractivity contribution >= 4 is 17.9 Å². The van der Waals surface area contributed by atoms with Gasteiger partial charge < -0.3 is 14.2 Å². The second-order valence-corrected chi connectivity index (χ2v) is 21.3. The molecule has 0 aromatic carbocycles. The van der Waals surface area contributed by atoms with Gasteiger partial charge in [0.15, 0.2) is 6.10 Å². The summed E-state index contributed by atoms with van der Waals surface area (Å²) < 4.78 is 16.9. The molecule has 0 aromatic heterocycles. The Labute approximate surface area is 465 Å². The van der Waals surface area contributed by atoms with Gasteiger partial charge in [0, 0.05) is 19.3 Å². The van der Waals surface area contributed by atoms with Gasteiger partial charge in [0.25, 0.3) is 0 Å². The molecule has 0 aliphatic rings. The summed E-state index contributed by atoms with van der Waals surface area (Å²) in [4.78, 5) is 38.2. The van der Waals surface area contributed by atoms with Gasteiger partial charge in [-0.05, 0) is 89.9 Å². The number of carbonyl (C=O) groups is 3. The maximum Gasteiger partial charge on any atom is 0.306 e. The highest BCUT2D eigenvalue weighted by atomic mass is 16.6. The summed E-state index contributed by atoms with van der Waals surface area (Å²) in [5.74, 6) is -0.875. The highest BCUT2D eigenvalue weighted by molar-refractivity contribution is 5.71. The first-order valence-corrected chi connectivity index (χ1v) is 32.1. The quantitative estimate of drug-likeness (QED) is 0.0261. The van der Waals surface area contributed by atoms with Gasteiger partial charge in [-0.25, -0.2) is 0 Å². The van der Waals surface area contributed by atoms with Gasteiger partial charge in [-0.15, -0.1) is 0 Å². The zero-order valence-corrected chi connectivity index (χ0v) is 49.6. The van der Waals surface area contributed by atoms with E-state index in [1.54, 1.807) is 0 Å². The first kappa shape index (κ1) is 71.6. The van der Waals surface area contributed by atoms with E-state index in [2.05, 4.69) is 106 Å². The van der Waals surface area contributed by atoms with Crippen LogP contribution in [0.2, 0.25) is 0 Å². The van der Waals surface area contributed by atoms with Crippen LogP contribution in [0.4, 0.5) is 0 Å². The topological polar surface area (TPSA) is 78.9 Å². The number of rotatable bonds is 58. The summed E-state index contributed by atoms with van der Waals surface area (Å²) >= 11 is 0. The molecule has 0 rings (SSSR count). The van der Waals surface area contributed by atoms with Crippen molar-refractivity contribution in [2.45, 2.75) is 322 Å². The van der Waals surface area contributed by atoms with Crippen molar-refractivity contribution in [3.8, 4) is 0 Å². The van der Waals surface area contributed by atoms with Crippen LogP contribution in [0.15, 0.2) is 85.1 Å². The van der Waals surface area contributed by atoms with Crippen LogP contribution in [0.5, 0.6) is 0 Å². The molecule has 75 heavy (non-hydrogen) atoms. The number of carbonyl (C=O) groups excluding carboxylic acids is 3. The van der Waals surface area contributed by atoms with E-state index in [0.717, 1.165) is 103 Å². The van der Waals surface area contributed by atoms with E-state index >= 15 is 0 Å². The molecule has 0 radical (unpaired) electrons. The lowest BCUT2D eigenvalue weighted by atomic mass is 10.0. The number of hydrogen-bond acceptors (Lipinski definition) is 6. The molecule has 0 saturated heterocycles. The van der Waals surface area contributed by atoms with Gasteiger partial charge in [-0.2, -0.15) is 0 Å². The molecule has 0 N–H and O–H groups in total. The maximum absolute atomic E-state index is 12.9. The van der Waals surface area contributed by atoms with Crippen molar-refractivity contribution in [2.24, 2.45) is 0 Å². The largest absolute Gasteiger partial charge is 0.462 e. The normalized spacial score (nSPS) is 12.6. The molecule has 0 aromatic rings. The minimum absolute atomic E-state index is 0.0763. The second kappa shape index (κ2) is 63.1. The van der Waals surface area contributed by atoms with Crippen LogP contribution in [0.3, 0.4) is 0 Å². The van der Waals surface area contributed by atoms with E-state index in [4.69, 9.17) is 14.2 Å². The molecule has 0 aliphatic heterocycles. The smallest absolute Gasteiger partial charge is 0.306 e. The van der Waals surface area contributed by atoms with Crippen LogP contribution < -0.4 is 0 Å². The summed E-state index contributed by atoms with van der Waals surface area (Å²) in [5.41, 5.74) is 0. The van der Waals surface area contributed by atoms with Crippen LogP contribution in [-0.4, -0.2) is 37.2 Å². The summed E-state index contributed by atoms with van der Waals surface area (Å²) in [6.07, 6.45) is 83.1. The van der Waals surface area contributed by atoms with Crippen molar-refractivity contribution < 1.29 is 28.6 Å². The fraction of sp³-hybridized carbons (Fsp3) is 0.754. The molecule has 0 fully saturated rings. The van der Waals surface area contributed by atoms with Crippen LogP contribution >= 0.6 is 0 Å². The van der Waals surface area contributed by atoms with Gasteiger partial charge in [0.2, 0.25) is 0 Å². The van der Waals surface area contributed by atoms with Gasteiger partial charge in [-0.1, -0.05) is 292 Å². The molecular formula is C69H120O6. The number of ether oxygens (including phenoxy) is 3. The molecule has 1 atom stereocenters. The maximum atomic E-state index is 12.9. The Morgan fingerprint density at radius 3 is 0.867 bits per heavy atom. The lowest BCUT2D eigenvalue weighted by Crippen LogP contribution is -2.30. The first-order valence-electron chi connectivity index (χ1n) is 32.1. The molecule has 6 heteroatoms. The third-order valence-corrected chi connectivity index (χ3v) is 13.9. The molecule has 1 unspecified atom stereocenters. The van der Waals surface area contributed by atoms with E-state index in [1.807, 2.05) is 0 Å². The van der Waals surface area contributed by atoms with Gasteiger partial charge in [0.1, 0.15) is 13.2 Å². The molecule has 0 bridgehead atoms. The SMILES string of the molecule is CC/C=C\C/C=C\C/C=C\C/C=C\C/C=C\C/C=C\CCCCCCCCCCCCCCC(=O)OCC(COC(=O)CCCCCCC/C=C\CCCC)OC(=O)CCCCCCCCCCCCCCCCC. The molecule has 0 heterocycles. The summed E-state index contributed by atoms with van der Waals surface area (Å²) in [5, 5.41) is 0. The number of esters is 3. The Morgan fingerprint density at radius 1 is 0.280 bits per heavy atom. The van der Waals surface area contributed by atoms with Gasteiger partial charge >= 0.3 is 17.9 Å². The average molecular weight is 1050 g/mol. The molecule has 0 amide bonds. The molecule has 0 saturated carbocycles. The van der Waals surface area contributed by atoms with E-state index in [-0.39, 0.29) is 31.1 Å². The number of allylic oxidation sites excluding steroid dienone is 14. The Bertz CT molecular complexity index is 1430. The Morgan fingerprint density at radius 2 is 0.533 bits per heavy atom. The molecule has 6 nitrogen and oxygen atoms in total. The van der Waals surface area contributed by atoms with Crippen LogP contribution in [-0.2, 0) is 28.6 Å². The summed E-state index contributed by atoms with van der Waals surface area (Å²) in [6.45, 7) is 6.51. The Kier molecular flexibility index (Phi) is 60.3. The van der Waals surface area contributed by atoms with E-state index < -0.39 is 6.10 Å². The van der Waals surface area contributed by atoms with Crippen molar-refractivity contribution in [3.05, 3.63) is 85.1 Å². The first-order chi connectivity index (χ1) is 37.0. The summed E-state index contributed by atoms with van der Waals surface area (Å²) in [6, 6.07) is 0. The van der Waals surface area contributed by atoms with Gasteiger partial charge in [-0.3, -0.25) is 14.4 Å².